The Bertz CT molecular complexity index is 235. The van der Waals surface area contributed by atoms with Crippen molar-refractivity contribution in [3.63, 3.8) is 0 Å². The van der Waals surface area contributed by atoms with Crippen molar-refractivity contribution in [2.24, 2.45) is 17.8 Å². The molecule has 19 heavy (non-hydrogen) atoms. The summed E-state index contributed by atoms with van der Waals surface area (Å²) in [4.78, 5) is 0. The Labute approximate surface area is 148 Å². The van der Waals surface area contributed by atoms with Gasteiger partial charge in [-0.3, -0.25) is 0 Å². The maximum Gasteiger partial charge on any atom is 0.0110 e. The number of hydrogen-bond acceptors (Lipinski definition) is 0. The van der Waals surface area contributed by atoms with Gasteiger partial charge in [0.05, 0.1) is 0 Å². The van der Waals surface area contributed by atoms with Crippen LogP contribution in [0.1, 0.15) is 66.2 Å². The first-order valence-corrected chi connectivity index (χ1v) is 10.6. The molecule has 0 nitrogen and oxygen atoms in total. The van der Waals surface area contributed by atoms with E-state index >= 15 is 0 Å². The summed E-state index contributed by atoms with van der Waals surface area (Å²) in [5, 5.41) is 0. The van der Waals surface area contributed by atoms with Crippen molar-refractivity contribution in [2.75, 3.05) is 4.43 Å². The molecule has 0 saturated carbocycles. The zero-order valence-electron chi connectivity index (χ0n) is 13.2. The van der Waals surface area contributed by atoms with Crippen LogP contribution in [0.4, 0.5) is 0 Å². The molecule has 0 amide bonds. The van der Waals surface area contributed by atoms with Gasteiger partial charge in [-0.15, -0.1) is 0 Å². The molecule has 0 bridgehead atoms. The van der Waals surface area contributed by atoms with E-state index in [-0.39, 0.29) is 0 Å². The average molecular weight is 490 g/mol. The number of halogens is 2. The summed E-state index contributed by atoms with van der Waals surface area (Å²) in [6.45, 7) is 13.5. The molecule has 2 heteroatoms. The van der Waals surface area contributed by atoms with Crippen molar-refractivity contribution in [3.8, 4) is 0 Å². The van der Waals surface area contributed by atoms with Gasteiger partial charge in [0.15, 0.2) is 0 Å². The predicted molar refractivity (Wildman–Crippen MR) is 107 cm³/mol. The van der Waals surface area contributed by atoms with Crippen LogP contribution in [0.2, 0.25) is 0 Å². The van der Waals surface area contributed by atoms with Gasteiger partial charge in [-0.25, -0.2) is 0 Å². The Morgan fingerprint density at radius 3 is 2.21 bits per heavy atom. The molecule has 0 N–H and O–H groups in total. The second-order valence-corrected chi connectivity index (χ2v) is 8.97. The highest BCUT2D eigenvalue weighted by molar-refractivity contribution is 14.1. The summed E-state index contributed by atoms with van der Waals surface area (Å²) in [7, 11) is 0. The molecular weight excluding hydrogens is 458 g/mol. The fraction of sp³-hybridized carbons (Fsp3) is 0.882. The molecule has 0 heterocycles. The Morgan fingerprint density at radius 2 is 1.74 bits per heavy atom. The summed E-state index contributed by atoms with van der Waals surface area (Å²) in [5.74, 6) is 2.64. The van der Waals surface area contributed by atoms with Crippen LogP contribution in [-0.2, 0) is 0 Å². The van der Waals surface area contributed by atoms with E-state index in [1.54, 1.807) is 0 Å². The molecule has 114 valence electrons. The smallest absolute Gasteiger partial charge is 0.0110 e. The summed E-state index contributed by atoms with van der Waals surface area (Å²) in [6, 6.07) is 0. The molecule has 0 aliphatic carbocycles. The van der Waals surface area contributed by atoms with E-state index < -0.39 is 0 Å². The van der Waals surface area contributed by atoms with Gasteiger partial charge in [0.1, 0.15) is 0 Å². The fourth-order valence-electron chi connectivity index (χ4n) is 2.38. The highest BCUT2D eigenvalue weighted by Gasteiger charge is 2.20. The lowest BCUT2D eigenvalue weighted by molar-refractivity contribution is 0.335. The first-order chi connectivity index (χ1) is 8.92. The Hall–Kier alpha value is 1.20. The third kappa shape index (κ3) is 9.70. The zero-order valence-corrected chi connectivity index (χ0v) is 17.5. The Kier molecular flexibility index (Phi) is 12.6. The predicted octanol–water partition coefficient (Wildman–Crippen LogP) is 7.05. The molecule has 0 aromatic rings. The van der Waals surface area contributed by atoms with E-state index in [4.69, 9.17) is 0 Å². The second kappa shape index (κ2) is 11.8. The lowest BCUT2D eigenvalue weighted by Crippen LogP contribution is -2.20. The number of rotatable bonds is 11. The molecule has 0 aliphatic rings. The molecule has 0 rings (SSSR count). The van der Waals surface area contributed by atoms with Crippen LogP contribution in [0.5, 0.6) is 0 Å². The highest BCUT2D eigenvalue weighted by atomic mass is 127. The third-order valence-electron chi connectivity index (χ3n) is 4.42. The monoisotopic (exact) mass is 490 g/mol. The number of allylic oxidation sites excluding steroid dienone is 1. The minimum Gasteiger partial charge on any atom is -0.0999 e. The molecule has 4 atom stereocenters. The first-order valence-electron chi connectivity index (χ1n) is 7.78. The van der Waals surface area contributed by atoms with Crippen molar-refractivity contribution in [2.45, 2.75) is 70.1 Å². The van der Waals surface area contributed by atoms with Crippen LogP contribution < -0.4 is 0 Å². The first kappa shape index (κ1) is 20.2. The largest absolute Gasteiger partial charge is 0.0999 e. The number of hydrogen-bond donors (Lipinski definition) is 0. The molecule has 0 saturated heterocycles. The standard InChI is InChI=1S/C17H32I2/c1-6-13(2)8-7-9-14(3)10-11-17(12-18)15(4)16(5)19/h14-17H,2,6-12H2,1,3-5H3/t14-,15+,16?,17-/m0/s1. The van der Waals surface area contributed by atoms with Gasteiger partial charge in [0.25, 0.3) is 0 Å². The van der Waals surface area contributed by atoms with Gasteiger partial charge in [0, 0.05) is 8.35 Å². The molecular formula is C17H32I2. The van der Waals surface area contributed by atoms with Gasteiger partial charge < -0.3 is 0 Å². The molecule has 0 fully saturated rings. The molecule has 0 aliphatic heterocycles. The van der Waals surface area contributed by atoms with E-state index in [0.29, 0.717) is 0 Å². The van der Waals surface area contributed by atoms with E-state index in [2.05, 4.69) is 79.5 Å². The van der Waals surface area contributed by atoms with Crippen LogP contribution in [-0.4, -0.2) is 8.35 Å². The minimum absolute atomic E-state index is 0.792. The molecule has 0 radical (unpaired) electrons. The zero-order chi connectivity index (χ0) is 14.8. The van der Waals surface area contributed by atoms with Crippen LogP contribution in [0.25, 0.3) is 0 Å². The maximum atomic E-state index is 4.10. The van der Waals surface area contributed by atoms with Crippen LogP contribution in [0, 0.1) is 17.8 Å². The molecule has 1 unspecified atom stereocenters. The fourth-order valence-corrected chi connectivity index (χ4v) is 4.21. The van der Waals surface area contributed by atoms with E-state index in [0.717, 1.165) is 28.1 Å². The second-order valence-electron chi connectivity index (χ2n) is 6.13. The minimum atomic E-state index is 0.792. The number of alkyl halides is 2. The Balaban J connectivity index is 3.86. The SMILES string of the molecule is C=C(CC)CCC[C@H](C)CC[C@@H](CI)[C@H](C)C(C)I. The van der Waals surface area contributed by atoms with Crippen molar-refractivity contribution in [3.05, 3.63) is 12.2 Å². The summed E-state index contributed by atoms with van der Waals surface area (Å²) in [6.07, 6.45) is 7.91. The maximum absolute atomic E-state index is 4.10. The normalized spacial score (nSPS) is 17.8. The molecule has 0 aromatic heterocycles. The van der Waals surface area contributed by atoms with E-state index in [9.17, 15) is 0 Å². The van der Waals surface area contributed by atoms with Gasteiger partial charge in [-0.05, 0) is 43.4 Å². The molecule has 0 aromatic carbocycles. The van der Waals surface area contributed by atoms with Crippen molar-refractivity contribution in [1.29, 1.82) is 0 Å². The van der Waals surface area contributed by atoms with Crippen LogP contribution in [0.15, 0.2) is 12.2 Å². The molecule has 0 spiro atoms. The van der Waals surface area contributed by atoms with Crippen LogP contribution in [0.3, 0.4) is 0 Å². The van der Waals surface area contributed by atoms with Gasteiger partial charge in [-0.1, -0.05) is 97.9 Å². The third-order valence-corrected chi connectivity index (χ3v) is 6.69. The van der Waals surface area contributed by atoms with Crippen molar-refractivity contribution in [1.82, 2.24) is 0 Å². The van der Waals surface area contributed by atoms with Gasteiger partial charge in [0.2, 0.25) is 0 Å². The van der Waals surface area contributed by atoms with Crippen molar-refractivity contribution < 1.29 is 0 Å². The van der Waals surface area contributed by atoms with E-state index in [1.807, 2.05) is 0 Å². The summed E-state index contributed by atoms with van der Waals surface area (Å²) < 4.78 is 2.10. The Morgan fingerprint density at radius 1 is 1.11 bits per heavy atom. The quantitative estimate of drug-likeness (QED) is 0.166. The van der Waals surface area contributed by atoms with Gasteiger partial charge in [-0.2, -0.15) is 0 Å². The van der Waals surface area contributed by atoms with E-state index in [1.165, 1.54) is 42.1 Å². The van der Waals surface area contributed by atoms with Crippen molar-refractivity contribution >= 4 is 45.2 Å². The lowest BCUT2D eigenvalue weighted by atomic mass is 9.86. The highest BCUT2D eigenvalue weighted by Crippen LogP contribution is 2.29. The van der Waals surface area contributed by atoms with Gasteiger partial charge >= 0.3 is 0 Å². The summed E-state index contributed by atoms with van der Waals surface area (Å²) >= 11 is 5.16. The topological polar surface area (TPSA) is 0 Å². The van der Waals surface area contributed by atoms with Crippen LogP contribution >= 0.6 is 45.2 Å². The summed E-state index contributed by atoms with van der Waals surface area (Å²) in [5.41, 5.74) is 1.42. The average Bonchev–Trinajstić information content (AvgIpc) is 2.38. The lowest BCUT2D eigenvalue weighted by Gasteiger charge is -2.25.